The Morgan fingerprint density at radius 1 is 1.37 bits per heavy atom. The Labute approximate surface area is 112 Å². The summed E-state index contributed by atoms with van der Waals surface area (Å²) in [6.07, 6.45) is 0. The van der Waals surface area contributed by atoms with Crippen molar-refractivity contribution in [1.82, 2.24) is 0 Å². The Kier molecular flexibility index (Phi) is 3.30. The highest BCUT2D eigenvalue weighted by Crippen LogP contribution is 2.46. The molecule has 104 valence electrons. The number of hydrogen-bond donors (Lipinski definition) is 1. The molecule has 2 rings (SSSR count). The van der Waals surface area contributed by atoms with Crippen molar-refractivity contribution in [3.8, 4) is 17.2 Å². The lowest BCUT2D eigenvalue weighted by atomic mass is 10.2. The quantitative estimate of drug-likeness (QED) is 0.907. The number of carbonyl (C=O) groups is 1. The van der Waals surface area contributed by atoms with Crippen molar-refractivity contribution in [2.75, 3.05) is 6.61 Å². The van der Waals surface area contributed by atoms with Crippen LogP contribution in [-0.2, 0) is 0 Å². The van der Waals surface area contributed by atoms with Crippen LogP contribution in [0.5, 0.6) is 17.2 Å². The fourth-order valence-electron chi connectivity index (χ4n) is 1.77. The minimum Gasteiger partial charge on any atom is -0.489 e. The lowest BCUT2D eigenvalue weighted by Gasteiger charge is -2.17. The zero-order valence-corrected chi connectivity index (χ0v) is 11.5. The molecule has 19 heavy (non-hydrogen) atoms. The highest BCUT2D eigenvalue weighted by molar-refractivity contribution is 5.89. The summed E-state index contributed by atoms with van der Waals surface area (Å²) in [5.41, 5.74) is 0.124. The van der Waals surface area contributed by atoms with Crippen LogP contribution in [0, 0.1) is 5.92 Å². The first-order valence-electron chi connectivity index (χ1n) is 6.20. The van der Waals surface area contributed by atoms with Gasteiger partial charge < -0.3 is 19.3 Å². The lowest BCUT2D eigenvalue weighted by molar-refractivity contribution is -0.0442. The monoisotopic (exact) mass is 266 g/mol. The van der Waals surface area contributed by atoms with Gasteiger partial charge in [-0.2, -0.15) is 0 Å². The fraction of sp³-hybridized carbons (Fsp3) is 0.500. The van der Waals surface area contributed by atoms with Gasteiger partial charge >= 0.3 is 5.97 Å². The maximum atomic E-state index is 11.1. The molecule has 0 radical (unpaired) electrons. The van der Waals surface area contributed by atoms with Crippen molar-refractivity contribution in [3.05, 3.63) is 17.7 Å². The highest BCUT2D eigenvalue weighted by Gasteiger charge is 2.35. The Hall–Kier alpha value is -1.91. The standard InChI is InChI=1S/C14H18O5/c1-8(2)7-17-10-5-9(13(15)16)6-11-12(10)19-14(3,4)18-11/h5-6,8H,7H2,1-4H3,(H,15,16). The lowest BCUT2D eigenvalue weighted by Crippen LogP contribution is -2.29. The van der Waals surface area contributed by atoms with E-state index in [0.717, 1.165) is 0 Å². The van der Waals surface area contributed by atoms with Gasteiger partial charge in [-0.1, -0.05) is 13.8 Å². The molecular formula is C14H18O5. The smallest absolute Gasteiger partial charge is 0.335 e. The van der Waals surface area contributed by atoms with Gasteiger partial charge in [-0.05, 0) is 18.1 Å². The minimum atomic E-state index is -1.02. The zero-order chi connectivity index (χ0) is 14.2. The van der Waals surface area contributed by atoms with E-state index in [-0.39, 0.29) is 5.56 Å². The molecular weight excluding hydrogens is 248 g/mol. The van der Waals surface area contributed by atoms with E-state index in [1.54, 1.807) is 13.8 Å². The summed E-state index contributed by atoms with van der Waals surface area (Å²) in [5, 5.41) is 9.10. The second-order valence-corrected chi connectivity index (χ2v) is 5.42. The molecule has 1 heterocycles. The van der Waals surface area contributed by atoms with E-state index in [0.29, 0.717) is 29.8 Å². The molecule has 0 amide bonds. The first kappa shape index (κ1) is 13.5. The third kappa shape index (κ3) is 2.92. The van der Waals surface area contributed by atoms with Crippen molar-refractivity contribution < 1.29 is 24.1 Å². The van der Waals surface area contributed by atoms with Crippen LogP contribution in [0.2, 0.25) is 0 Å². The van der Waals surface area contributed by atoms with Crippen LogP contribution in [0.4, 0.5) is 0 Å². The first-order valence-corrected chi connectivity index (χ1v) is 6.20. The van der Waals surface area contributed by atoms with Gasteiger partial charge in [0.25, 0.3) is 0 Å². The summed E-state index contributed by atoms with van der Waals surface area (Å²) in [6, 6.07) is 2.92. The van der Waals surface area contributed by atoms with E-state index in [9.17, 15) is 4.79 Å². The van der Waals surface area contributed by atoms with Crippen molar-refractivity contribution in [2.45, 2.75) is 33.5 Å². The van der Waals surface area contributed by atoms with Gasteiger partial charge in [0.05, 0.1) is 12.2 Å². The van der Waals surface area contributed by atoms with Crippen molar-refractivity contribution >= 4 is 5.97 Å². The average Bonchev–Trinajstić information content (AvgIpc) is 2.59. The molecule has 1 aliphatic heterocycles. The average molecular weight is 266 g/mol. The Morgan fingerprint density at radius 3 is 2.63 bits per heavy atom. The molecule has 1 aliphatic rings. The molecule has 5 heteroatoms. The number of benzene rings is 1. The number of ether oxygens (including phenoxy) is 3. The Bertz CT molecular complexity index is 505. The molecule has 0 aliphatic carbocycles. The molecule has 0 unspecified atom stereocenters. The summed E-state index contributed by atoms with van der Waals surface area (Å²) in [7, 11) is 0. The molecule has 5 nitrogen and oxygen atoms in total. The van der Waals surface area contributed by atoms with Crippen LogP contribution >= 0.6 is 0 Å². The first-order chi connectivity index (χ1) is 8.78. The number of fused-ring (bicyclic) bond motifs is 1. The van der Waals surface area contributed by atoms with E-state index in [2.05, 4.69) is 0 Å². The van der Waals surface area contributed by atoms with Gasteiger partial charge in [0.2, 0.25) is 11.5 Å². The second kappa shape index (κ2) is 4.64. The van der Waals surface area contributed by atoms with Crippen molar-refractivity contribution in [2.24, 2.45) is 5.92 Å². The predicted octanol–water partition coefficient (Wildman–Crippen LogP) is 2.93. The molecule has 0 saturated heterocycles. The number of carboxylic acid groups (broad SMARTS) is 1. The summed E-state index contributed by atoms with van der Waals surface area (Å²) in [5.74, 6) is -0.214. The van der Waals surface area contributed by atoms with Gasteiger partial charge in [-0.25, -0.2) is 4.79 Å². The molecule has 0 aromatic heterocycles. The topological polar surface area (TPSA) is 65.0 Å². The van der Waals surface area contributed by atoms with Crippen molar-refractivity contribution in [3.63, 3.8) is 0 Å². The molecule has 0 atom stereocenters. The normalized spacial score (nSPS) is 15.6. The second-order valence-electron chi connectivity index (χ2n) is 5.42. The number of aromatic carboxylic acids is 1. The summed E-state index contributed by atoms with van der Waals surface area (Å²) >= 11 is 0. The van der Waals surface area contributed by atoms with Crippen LogP contribution in [0.25, 0.3) is 0 Å². The van der Waals surface area contributed by atoms with E-state index >= 15 is 0 Å². The molecule has 1 aromatic rings. The fourth-order valence-corrected chi connectivity index (χ4v) is 1.77. The molecule has 0 fully saturated rings. The maximum absolute atomic E-state index is 11.1. The van der Waals surface area contributed by atoms with Crippen LogP contribution in [-0.4, -0.2) is 23.5 Å². The van der Waals surface area contributed by atoms with Gasteiger partial charge in [-0.15, -0.1) is 0 Å². The van der Waals surface area contributed by atoms with Crippen LogP contribution in [0.15, 0.2) is 12.1 Å². The zero-order valence-electron chi connectivity index (χ0n) is 11.5. The molecule has 0 bridgehead atoms. The molecule has 0 spiro atoms. The Morgan fingerprint density at radius 2 is 2.05 bits per heavy atom. The highest BCUT2D eigenvalue weighted by atomic mass is 16.7. The SMILES string of the molecule is CC(C)COc1cc(C(=O)O)cc2c1OC(C)(C)O2. The minimum absolute atomic E-state index is 0.124. The third-order valence-corrected chi connectivity index (χ3v) is 2.54. The van der Waals surface area contributed by atoms with E-state index in [4.69, 9.17) is 19.3 Å². The van der Waals surface area contributed by atoms with Crippen LogP contribution in [0.1, 0.15) is 38.1 Å². The van der Waals surface area contributed by atoms with Crippen molar-refractivity contribution in [1.29, 1.82) is 0 Å². The summed E-state index contributed by atoms with van der Waals surface area (Å²) < 4.78 is 16.8. The summed E-state index contributed by atoms with van der Waals surface area (Å²) in [4.78, 5) is 11.1. The van der Waals surface area contributed by atoms with Gasteiger partial charge in [0, 0.05) is 13.8 Å². The molecule has 1 aromatic carbocycles. The van der Waals surface area contributed by atoms with Crippen LogP contribution in [0.3, 0.4) is 0 Å². The molecule has 0 saturated carbocycles. The van der Waals surface area contributed by atoms with Gasteiger partial charge in [0.15, 0.2) is 11.5 Å². The van der Waals surface area contributed by atoms with Gasteiger partial charge in [0.1, 0.15) is 0 Å². The number of hydrogen-bond acceptors (Lipinski definition) is 4. The number of carboxylic acids is 1. The molecule has 1 N–H and O–H groups in total. The summed E-state index contributed by atoms with van der Waals surface area (Å²) in [6.45, 7) is 8.05. The largest absolute Gasteiger partial charge is 0.489 e. The van der Waals surface area contributed by atoms with Gasteiger partial charge in [-0.3, -0.25) is 0 Å². The van der Waals surface area contributed by atoms with E-state index in [1.807, 2.05) is 13.8 Å². The third-order valence-electron chi connectivity index (χ3n) is 2.54. The number of rotatable bonds is 4. The maximum Gasteiger partial charge on any atom is 0.335 e. The van der Waals surface area contributed by atoms with E-state index in [1.165, 1.54) is 12.1 Å². The van der Waals surface area contributed by atoms with E-state index < -0.39 is 11.8 Å². The predicted molar refractivity (Wildman–Crippen MR) is 69.1 cm³/mol. The van der Waals surface area contributed by atoms with Crippen LogP contribution < -0.4 is 14.2 Å². The Balaban J connectivity index is 2.38.